The zero-order chi connectivity index (χ0) is 17.0. The molecular formula is C16H32N4O4P+. The van der Waals surface area contributed by atoms with Gasteiger partial charge in [-0.2, -0.15) is 0 Å². The molecule has 9 heteroatoms. The summed E-state index contributed by atoms with van der Waals surface area (Å²) >= 11 is 0. The van der Waals surface area contributed by atoms with E-state index < -0.39 is 7.87 Å². The van der Waals surface area contributed by atoms with Gasteiger partial charge in [0.05, 0.1) is 105 Å². The minimum absolute atomic E-state index is 0.834. The molecule has 4 fully saturated rings. The molecule has 0 atom stereocenters. The maximum Gasteiger partial charge on any atom is 0.309 e. The molecule has 0 aromatic heterocycles. The molecule has 0 spiro atoms. The van der Waals surface area contributed by atoms with Crippen LogP contribution in [0.5, 0.6) is 0 Å². The van der Waals surface area contributed by atoms with Crippen molar-refractivity contribution in [3.05, 3.63) is 0 Å². The first-order chi connectivity index (χ1) is 12.4. The monoisotopic (exact) mass is 375 g/mol. The third-order valence-corrected chi connectivity index (χ3v) is 10.1. The molecule has 0 bridgehead atoms. The van der Waals surface area contributed by atoms with Gasteiger partial charge in [-0.25, -0.2) is 0 Å². The minimum Gasteiger partial charge on any atom is -0.378 e. The van der Waals surface area contributed by atoms with Crippen LogP contribution < -0.4 is 0 Å². The van der Waals surface area contributed by atoms with E-state index in [1.807, 2.05) is 0 Å². The summed E-state index contributed by atoms with van der Waals surface area (Å²) < 4.78 is 33.8. The summed E-state index contributed by atoms with van der Waals surface area (Å²) in [6.45, 7) is 14.8. The summed E-state index contributed by atoms with van der Waals surface area (Å²) in [5.41, 5.74) is 0. The molecule has 144 valence electrons. The van der Waals surface area contributed by atoms with Crippen LogP contribution in [0.2, 0.25) is 0 Å². The highest BCUT2D eigenvalue weighted by Gasteiger charge is 2.62. The van der Waals surface area contributed by atoms with Gasteiger partial charge in [-0.3, -0.25) is 0 Å². The summed E-state index contributed by atoms with van der Waals surface area (Å²) in [5.74, 6) is 0. The predicted octanol–water partition coefficient (Wildman–Crippen LogP) is -0.00720. The zero-order valence-electron chi connectivity index (χ0n) is 15.2. The van der Waals surface area contributed by atoms with Gasteiger partial charge in [-0.05, 0) is 0 Å². The van der Waals surface area contributed by atoms with Gasteiger partial charge in [0, 0.05) is 0 Å². The van der Waals surface area contributed by atoms with Gasteiger partial charge >= 0.3 is 7.87 Å². The Hall–Kier alpha value is 0.110. The van der Waals surface area contributed by atoms with E-state index in [4.69, 9.17) is 18.9 Å². The Bertz CT molecular complexity index is 331. The van der Waals surface area contributed by atoms with Gasteiger partial charge in [0.25, 0.3) is 0 Å². The summed E-state index contributed by atoms with van der Waals surface area (Å²) in [7, 11) is -1.78. The lowest BCUT2D eigenvalue weighted by atomic mass is 10.5. The molecule has 4 aliphatic rings. The van der Waals surface area contributed by atoms with E-state index in [1.54, 1.807) is 0 Å². The topological polar surface area (TPSA) is 49.9 Å². The summed E-state index contributed by atoms with van der Waals surface area (Å²) in [6, 6.07) is 0. The molecule has 25 heavy (non-hydrogen) atoms. The highest BCUT2D eigenvalue weighted by atomic mass is 31.2. The zero-order valence-corrected chi connectivity index (χ0v) is 16.1. The second-order valence-electron chi connectivity index (χ2n) is 6.80. The van der Waals surface area contributed by atoms with Crippen LogP contribution in [0.3, 0.4) is 0 Å². The molecule has 0 saturated carbocycles. The summed E-state index contributed by atoms with van der Waals surface area (Å²) in [5, 5.41) is 0. The molecule has 8 nitrogen and oxygen atoms in total. The van der Waals surface area contributed by atoms with Crippen LogP contribution >= 0.6 is 7.87 Å². The highest BCUT2D eigenvalue weighted by molar-refractivity contribution is 7.66. The Labute approximate surface area is 151 Å². The van der Waals surface area contributed by atoms with Crippen LogP contribution in [0.1, 0.15) is 0 Å². The lowest BCUT2D eigenvalue weighted by molar-refractivity contribution is 0.0128. The standard InChI is InChI=1S/C16H32N4O4P/c1-9-21-10-2-17(1)25(18-3-11-22-12-4-18,19-5-13-23-14-6-19)20-7-15-24-16-8-20/h1-16H2/q+1. The van der Waals surface area contributed by atoms with Crippen molar-refractivity contribution in [1.29, 1.82) is 0 Å². The third kappa shape index (κ3) is 3.74. The number of rotatable bonds is 4. The molecule has 0 N–H and O–H groups in total. The number of hydrogen-bond acceptors (Lipinski definition) is 8. The summed E-state index contributed by atoms with van der Waals surface area (Å²) in [4.78, 5) is 0. The lowest BCUT2D eigenvalue weighted by Gasteiger charge is -2.53. The Morgan fingerprint density at radius 2 is 0.560 bits per heavy atom. The fourth-order valence-electron chi connectivity index (χ4n) is 4.36. The van der Waals surface area contributed by atoms with E-state index in [0.717, 1.165) is 105 Å². The average Bonchev–Trinajstić information content (AvgIpc) is 2.72. The molecule has 4 aliphatic heterocycles. The van der Waals surface area contributed by atoms with E-state index >= 15 is 0 Å². The van der Waals surface area contributed by atoms with Crippen molar-refractivity contribution in [3.63, 3.8) is 0 Å². The number of hydrogen-bond donors (Lipinski definition) is 0. The van der Waals surface area contributed by atoms with Crippen molar-refractivity contribution in [1.82, 2.24) is 18.7 Å². The number of nitrogens with zero attached hydrogens (tertiary/aromatic N) is 4. The fourth-order valence-corrected chi connectivity index (χ4v) is 9.31. The van der Waals surface area contributed by atoms with Crippen molar-refractivity contribution in [2.75, 3.05) is 105 Å². The Balaban J connectivity index is 1.70. The molecule has 0 unspecified atom stereocenters. The van der Waals surface area contributed by atoms with Crippen LogP contribution in [0, 0.1) is 0 Å². The van der Waals surface area contributed by atoms with E-state index in [9.17, 15) is 0 Å². The first kappa shape index (κ1) is 18.5. The van der Waals surface area contributed by atoms with Crippen LogP contribution in [0.4, 0.5) is 0 Å². The lowest BCUT2D eigenvalue weighted by Crippen LogP contribution is -2.60. The number of ether oxygens (including phenoxy) is 4. The van der Waals surface area contributed by atoms with Gasteiger partial charge in [0.1, 0.15) is 0 Å². The molecule has 0 aromatic carbocycles. The Kier molecular flexibility index (Phi) is 6.55. The first-order valence-corrected chi connectivity index (χ1v) is 11.2. The molecule has 4 rings (SSSR count). The van der Waals surface area contributed by atoms with Crippen molar-refractivity contribution < 1.29 is 18.9 Å². The normalized spacial score (nSPS) is 29.8. The second kappa shape index (κ2) is 8.87. The van der Waals surface area contributed by atoms with Gasteiger partial charge < -0.3 is 18.9 Å². The van der Waals surface area contributed by atoms with Crippen molar-refractivity contribution >= 4 is 7.87 Å². The maximum absolute atomic E-state index is 5.70. The van der Waals surface area contributed by atoms with Gasteiger partial charge in [0.2, 0.25) is 0 Å². The molecular weight excluding hydrogens is 343 g/mol. The molecule has 0 amide bonds. The summed E-state index contributed by atoms with van der Waals surface area (Å²) in [6.07, 6.45) is 0. The van der Waals surface area contributed by atoms with Crippen LogP contribution in [0.15, 0.2) is 0 Å². The fraction of sp³-hybridized carbons (Fsp3) is 1.00. The second-order valence-corrected chi connectivity index (χ2v) is 10.1. The van der Waals surface area contributed by atoms with Gasteiger partial charge in [-0.15, -0.1) is 18.7 Å². The molecule has 4 heterocycles. The Morgan fingerprint density at radius 1 is 0.360 bits per heavy atom. The average molecular weight is 375 g/mol. The predicted molar refractivity (Wildman–Crippen MR) is 96.5 cm³/mol. The van der Waals surface area contributed by atoms with Gasteiger partial charge in [0.15, 0.2) is 0 Å². The molecule has 0 aliphatic carbocycles. The first-order valence-electron chi connectivity index (χ1n) is 9.64. The van der Waals surface area contributed by atoms with Crippen molar-refractivity contribution in [2.24, 2.45) is 0 Å². The largest absolute Gasteiger partial charge is 0.378 e. The van der Waals surface area contributed by atoms with E-state index in [0.29, 0.717) is 0 Å². The van der Waals surface area contributed by atoms with E-state index in [-0.39, 0.29) is 0 Å². The highest BCUT2D eigenvalue weighted by Crippen LogP contribution is 2.70. The van der Waals surface area contributed by atoms with E-state index in [2.05, 4.69) is 18.7 Å². The van der Waals surface area contributed by atoms with E-state index in [1.165, 1.54) is 0 Å². The smallest absolute Gasteiger partial charge is 0.309 e. The maximum atomic E-state index is 5.70. The van der Waals surface area contributed by atoms with Crippen LogP contribution in [0.25, 0.3) is 0 Å². The van der Waals surface area contributed by atoms with Gasteiger partial charge in [-0.1, -0.05) is 0 Å². The quantitative estimate of drug-likeness (QED) is 0.637. The van der Waals surface area contributed by atoms with Crippen LogP contribution in [-0.2, 0) is 18.9 Å². The third-order valence-electron chi connectivity index (χ3n) is 5.47. The minimum atomic E-state index is -1.78. The molecule has 0 radical (unpaired) electrons. The molecule has 4 saturated heterocycles. The van der Waals surface area contributed by atoms with Crippen molar-refractivity contribution in [2.45, 2.75) is 0 Å². The SMILES string of the molecule is C1CN([P+](N2CCOCC2)(N2CCOCC2)N2CCOCC2)CCO1. The van der Waals surface area contributed by atoms with Crippen LogP contribution in [-0.4, -0.2) is 124 Å². The molecule has 0 aromatic rings. The van der Waals surface area contributed by atoms with Crippen molar-refractivity contribution in [3.8, 4) is 0 Å². The number of morpholine rings is 4. The Morgan fingerprint density at radius 3 is 0.760 bits per heavy atom.